The van der Waals surface area contributed by atoms with Gasteiger partial charge in [0.1, 0.15) is 0 Å². The molecule has 1 fully saturated rings. The molecule has 0 saturated carbocycles. The van der Waals surface area contributed by atoms with Crippen LogP contribution in [-0.2, 0) is 11.2 Å². The normalized spacial score (nSPS) is 15.5. The second-order valence-corrected chi connectivity index (χ2v) is 7.53. The van der Waals surface area contributed by atoms with Gasteiger partial charge in [-0.15, -0.1) is 0 Å². The smallest absolute Gasteiger partial charge is 0.226 e. The maximum Gasteiger partial charge on any atom is 0.226 e. The van der Waals surface area contributed by atoms with Crippen LogP contribution in [0, 0.1) is 13.8 Å². The predicted molar refractivity (Wildman–Crippen MR) is 106 cm³/mol. The van der Waals surface area contributed by atoms with Crippen LogP contribution in [0.5, 0.6) is 0 Å². The Morgan fingerprint density at radius 3 is 2.46 bits per heavy atom. The Morgan fingerprint density at radius 1 is 1.04 bits per heavy atom. The summed E-state index contributed by atoms with van der Waals surface area (Å²) in [5.41, 5.74) is 6.28. The van der Waals surface area contributed by atoms with Crippen molar-refractivity contribution in [1.29, 1.82) is 0 Å². The van der Waals surface area contributed by atoms with Crippen LogP contribution >= 0.6 is 0 Å². The van der Waals surface area contributed by atoms with Gasteiger partial charge in [-0.05, 0) is 49.8 Å². The van der Waals surface area contributed by atoms with Crippen LogP contribution in [0.3, 0.4) is 0 Å². The Kier molecular flexibility index (Phi) is 4.54. The lowest BCUT2D eigenvalue weighted by atomic mass is 9.87. The van der Waals surface area contributed by atoms with Crippen LogP contribution in [0.4, 0.5) is 0 Å². The van der Waals surface area contributed by atoms with Crippen LogP contribution in [0.15, 0.2) is 48.5 Å². The van der Waals surface area contributed by atoms with Crippen molar-refractivity contribution in [1.82, 2.24) is 9.88 Å². The van der Waals surface area contributed by atoms with E-state index < -0.39 is 0 Å². The average Bonchev–Trinajstić information content (AvgIpc) is 2.99. The van der Waals surface area contributed by atoms with E-state index in [1.54, 1.807) is 0 Å². The summed E-state index contributed by atoms with van der Waals surface area (Å²) in [6.45, 7) is 5.95. The minimum atomic E-state index is 0.253. The van der Waals surface area contributed by atoms with Gasteiger partial charge in [-0.3, -0.25) is 4.79 Å². The van der Waals surface area contributed by atoms with E-state index in [2.05, 4.69) is 67.4 Å². The van der Waals surface area contributed by atoms with Gasteiger partial charge in [-0.2, -0.15) is 0 Å². The van der Waals surface area contributed by atoms with Crippen molar-refractivity contribution in [2.45, 2.75) is 39.0 Å². The minimum Gasteiger partial charge on any atom is -0.358 e. The van der Waals surface area contributed by atoms with Gasteiger partial charge in [-0.1, -0.05) is 48.0 Å². The number of amides is 1. The molecule has 1 aliphatic rings. The maximum absolute atomic E-state index is 12.6. The molecule has 0 spiro atoms. The molecule has 0 radical (unpaired) electrons. The molecular weight excluding hydrogens is 320 g/mol. The lowest BCUT2D eigenvalue weighted by Gasteiger charge is -2.32. The topological polar surface area (TPSA) is 36.1 Å². The molecule has 2 heterocycles. The zero-order chi connectivity index (χ0) is 18.1. The number of carbonyl (C=O) groups excluding carboxylic acids is 1. The van der Waals surface area contributed by atoms with Gasteiger partial charge < -0.3 is 9.88 Å². The van der Waals surface area contributed by atoms with Crippen LogP contribution in [0.25, 0.3) is 10.9 Å². The highest BCUT2D eigenvalue weighted by atomic mass is 16.2. The van der Waals surface area contributed by atoms with Crippen LogP contribution < -0.4 is 0 Å². The summed E-state index contributed by atoms with van der Waals surface area (Å²) in [5, 5.41) is 1.34. The summed E-state index contributed by atoms with van der Waals surface area (Å²) in [7, 11) is 0. The van der Waals surface area contributed by atoms with E-state index >= 15 is 0 Å². The number of aryl methyl sites for hydroxylation is 2. The van der Waals surface area contributed by atoms with E-state index in [-0.39, 0.29) is 5.91 Å². The highest BCUT2D eigenvalue weighted by Gasteiger charge is 2.26. The fraction of sp³-hybridized carbons (Fsp3) is 0.348. The summed E-state index contributed by atoms with van der Waals surface area (Å²) in [4.78, 5) is 18.2. The van der Waals surface area contributed by atoms with Crippen molar-refractivity contribution in [2.24, 2.45) is 0 Å². The minimum absolute atomic E-state index is 0.253. The number of nitrogens with zero attached hydrogens (tertiary/aromatic N) is 1. The lowest BCUT2D eigenvalue weighted by Crippen LogP contribution is -2.38. The monoisotopic (exact) mass is 346 g/mol. The highest BCUT2D eigenvalue weighted by molar-refractivity contribution is 5.85. The number of hydrogen-bond donors (Lipinski definition) is 1. The Hall–Kier alpha value is -2.55. The first-order valence-corrected chi connectivity index (χ1v) is 9.52. The number of carbonyl (C=O) groups is 1. The van der Waals surface area contributed by atoms with Crippen LogP contribution in [0.1, 0.15) is 41.1 Å². The molecule has 3 aromatic rings. The Labute approximate surface area is 155 Å². The number of likely N-dealkylation sites (tertiary alicyclic amines) is 1. The van der Waals surface area contributed by atoms with Gasteiger partial charge in [0.2, 0.25) is 5.91 Å². The second-order valence-electron chi connectivity index (χ2n) is 7.53. The van der Waals surface area contributed by atoms with E-state index in [9.17, 15) is 4.79 Å². The predicted octanol–water partition coefficient (Wildman–Crippen LogP) is 4.73. The van der Waals surface area contributed by atoms with Gasteiger partial charge in [0.25, 0.3) is 0 Å². The van der Waals surface area contributed by atoms with E-state index in [4.69, 9.17) is 0 Å². The molecular formula is C23H26N2O. The molecule has 0 bridgehead atoms. The van der Waals surface area contributed by atoms with Gasteiger partial charge >= 0.3 is 0 Å². The van der Waals surface area contributed by atoms with Crippen molar-refractivity contribution in [3.8, 4) is 0 Å². The molecule has 1 aromatic heterocycles. The molecule has 0 atom stereocenters. The summed E-state index contributed by atoms with van der Waals surface area (Å²) in [6, 6.07) is 16.8. The number of aromatic amines is 1. The van der Waals surface area contributed by atoms with Crippen molar-refractivity contribution in [3.63, 3.8) is 0 Å². The Morgan fingerprint density at radius 2 is 1.73 bits per heavy atom. The lowest BCUT2D eigenvalue weighted by molar-refractivity contribution is -0.131. The number of para-hydroxylation sites is 1. The summed E-state index contributed by atoms with van der Waals surface area (Å²) >= 11 is 0. The molecule has 3 heteroatoms. The fourth-order valence-electron chi connectivity index (χ4n) is 4.23. The average molecular weight is 346 g/mol. The summed E-state index contributed by atoms with van der Waals surface area (Å²) in [6.07, 6.45) is 2.60. The quantitative estimate of drug-likeness (QED) is 0.731. The van der Waals surface area contributed by atoms with Crippen molar-refractivity contribution in [3.05, 3.63) is 70.9 Å². The first kappa shape index (κ1) is 16.9. The third-order valence-corrected chi connectivity index (χ3v) is 5.68. The molecule has 1 amide bonds. The second kappa shape index (κ2) is 6.99. The molecule has 0 unspecified atom stereocenters. The third-order valence-electron chi connectivity index (χ3n) is 5.68. The number of benzene rings is 2. The molecule has 1 saturated heterocycles. The fourth-order valence-corrected chi connectivity index (χ4v) is 4.23. The van der Waals surface area contributed by atoms with Gasteiger partial charge in [-0.25, -0.2) is 0 Å². The summed E-state index contributed by atoms with van der Waals surface area (Å²) < 4.78 is 0. The molecule has 3 nitrogen and oxygen atoms in total. The molecule has 2 aromatic carbocycles. The van der Waals surface area contributed by atoms with Crippen LogP contribution in [0.2, 0.25) is 0 Å². The van der Waals surface area contributed by atoms with Crippen LogP contribution in [-0.4, -0.2) is 28.9 Å². The number of hydrogen-bond acceptors (Lipinski definition) is 1. The first-order chi connectivity index (χ1) is 12.6. The van der Waals surface area contributed by atoms with Gasteiger partial charge in [0, 0.05) is 29.7 Å². The highest BCUT2D eigenvalue weighted by Crippen LogP contribution is 2.35. The maximum atomic E-state index is 12.6. The molecule has 4 rings (SSSR count). The molecule has 26 heavy (non-hydrogen) atoms. The van der Waals surface area contributed by atoms with E-state index in [1.807, 2.05) is 4.90 Å². The SMILES string of the molecule is Cc1ccc(CC(=O)N2CCC(c3c(C)[nH]c4ccccc34)CC2)cc1. The standard InChI is InChI=1S/C23H26N2O/c1-16-7-9-18(10-8-16)15-22(26)25-13-11-19(12-14-25)23-17(2)24-21-6-4-3-5-20(21)23/h3-10,19,24H,11-15H2,1-2H3. The number of fused-ring (bicyclic) bond motifs is 1. The summed E-state index contributed by atoms with van der Waals surface area (Å²) in [5.74, 6) is 0.789. The molecule has 1 aliphatic heterocycles. The zero-order valence-corrected chi connectivity index (χ0v) is 15.6. The van der Waals surface area contributed by atoms with Crippen molar-refractivity contribution < 1.29 is 4.79 Å². The number of nitrogens with one attached hydrogen (secondary N) is 1. The molecule has 134 valence electrons. The Bertz CT molecular complexity index is 915. The Balaban J connectivity index is 1.43. The van der Waals surface area contributed by atoms with Gasteiger partial charge in [0.05, 0.1) is 6.42 Å². The van der Waals surface area contributed by atoms with Crippen molar-refractivity contribution >= 4 is 16.8 Å². The van der Waals surface area contributed by atoms with E-state index in [0.717, 1.165) is 31.5 Å². The first-order valence-electron chi connectivity index (χ1n) is 9.52. The number of piperidine rings is 1. The third kappa shape index (κ3) is 3.26. The number of H-pyrrole nitrogens is 1. The largest absolute Gasteiger partial charge is 0.358 e. The molecule has 0 aliphatic carbocycles. The van der Waals surface area contributed by atoms with E-state index in [1.165, 1.54) is 27.7 Å². The van der Waals surface area contributed by atoms with Crippen molar-refractivity contribution in [2.75, 3.05) is 13.1 Å². The van der Waals surface area contributed by atoms with E-state index in [0.29, 0.717) is 12.3 Å². The number of aromatic nitrogens is 1. The zero-order valence-electron chi connectivity index (χ0n) is 15.6. The molecule has 1 N–H and O–H groups in total. The number of rotatable bonds is 3. The van der Waals surface area contributed by atoms with Gasteiger partial charge in [0.15, 0.2) is 0 Å².